The highest BCUT2D eigenvalue weighted by Crippen LogP contribution is 2.34. The molecule has 4 heterocycles. The lowest BCUT2D eigenvalue weighted by Gasteiger charge is -2.26. The molecule has 4 rings (SSSR count). The van der Waals surface area contributed by atoms with Gasteiger partial charge in [0.15, 0.2) is 0 Å². The minimum absolute atomic E-state index is 0.134. The highest BCUT2D eigenvalue weighted by atomic mass is 19.1. The first-order chi connectivity index (χ1) is 17.0. The second kappa shape index (κ2) is 11.8. The molecule has 0 amide bonds. The van der Waals surface area contributed by atoms with Crippen molar-refractivity contribution in [2.24, 2.45) is 5.92 Å². The monoisotopic (exact) mass is 484 g/mol. The number of alkyl halides is 1. The van der Waals surface area contributed by atoms with Crippen LogP contribution in [0.4, 0.5) is 10.2 Å². The molecule has 2 aromatic rings. The molecule has 2 aliphatic rings. The molecule has 0 bridgehead atoms. The summed E-state index contributed by atoms with van der Waals surface area (Å²) in [5, 5.41) is 13.3. The molecule has 2 aromatic heterocycles. The topological polar surface area (TPSA) is 87.6 Å². The van der Waals surface area contributed by atoms with E-state index >= 15 is 4.39 Å². The second-order valence-electron chi connectivity index (χ2n) is 9.61. The van der Waals surface area contributed by atoms with Gasteiger partial charge in [-0.3, -0.25) is 14.7 Å². The summed E-state index contributed by atoms with van der Waals surface area (Å²) in [5.74, 6) is 0.781. The summed E-state index contributed by atoms with van der Waals surface area (Å²) in [5.41, 5.74) is 3.64. The van der Waals surface area contributed by atoms with E-state index in [1.165, 1.54) is 0 Å². The van der Waals surface area contributed by atoms with Crippen molar-refractivity contribution in [2.45, 2.75) is 70.5 Å². The number of aliphatic carboxylic acids is 1. The summed E-state index contributed by atoms with van der Waals surface area (Å²) in [4.78, 5) is 23.1. The number of nitrogens with one attached hydrogen (secondary N) is 1. The van der Waals surface area contributed by atoms with Crippen molar-refractivity contribution < 1.29 is 19.0 Å². The SMILES string of the molecule is CCc1ncccc1[C@@H](C(=O)O)N1CC[C@@H](C(F)CCCCc2cc(OC)c3c(n2)NCCC3)C1. The van der Waals surface area contributed by atoms with E-state index in [1.54, 1.807) is 19.4 Å². The van der Waals surface area contributed by atoms with Crippen LogP contribution in [0, 0.1) is 5.92 Å². The molecule has 0 aliphatic carbocycles. The average molecular weight is 485 g/mol. The maximum Gasteiger partial charge on any atom is 0.325 e. The van der Waals surface area contributed by atoms with Crippen molar-refractivity contribution in [1.82, 2.24) is 14.9 Å². The van der Waals surface area contributed by atoms with Crippen LogP contribution in [0.3, 0.4) is 0 Å². The van der Waals surface area contributed by atoms with Crippen LogP contribution < -0.4 is 10.1 Å². The fourth-order valence-corrected chi connectivity index (χ4v) is 5.48. The van der Waals surface area contributed by atoms with E-state index in [0.717, 1.165) is 72.7 Å². The lowest BCUT2D eigenvalue weighted by Crippen LogP contribution is -2.34. The highest BCUT2D eigenvalue weighted by Gasteiger charge is 2.37. The summed E-state index contributed by atoms with van der Waals surface area (Å²) in [6.45, 7) is 3.95. The van der Waals surface area contributed by atoms with Crippen molar-refractivity contribution in [2.75, 3.05) is 32.1 Å². The molecule has 1 unspecified atom stereocenters. The maximum atomic E-state index is 15.1. The number of rotatable bonds is 11. The predicted octanol–water partition coefficient (Wildman–Crippen LogP) is 4.60. The van der Waals surface area contributed by atoms with Gasteiger partial charge in [-0.2, -0.15) is 0 Å². The summed E-state index contributed by atoms with van der Waals surface area (Å²) in [7, 11) is 1.69. The highest BCUT2D eigenvalue weighted by molar-refractivity contribution is 5.76. The van der Waals surface area contributed by atoms with E-state index in [9.17, 15) is 9.90 Å². The number of carboxylic acid groups (broad SMARTS) is 1. The van der Waals surface area contributed by atoms with E-state index in [2.05, 4.69) is 10.3 Å². The number of unbranched alkanes of at least 4 members (excludes halogenated alkanes) is 1. The molecular formula is C27H37FN4O3. The maximum absolute atomic E-state index is 15.1. The molecule has 0 spiro atoms. The Morgan fingerprint density at radius 2 is 2.26 bits per heavy atom. The minimum atomic E-state index is -0.929. The number of methoxy groups -OCH3 is 1. The van der Waals surface area contributed by atoms with Gasteiger partial charge in [-0.05, 0) is 57.6 Å². The van der Waals surface area contributed by atoms with Crippen molar-refractivity contribution in [3.63, 3.8) is 0 Å². The Bertz CT molecular complexity index is 1000. The Morgan fingerprint density at radius 1 is 1.40 bits per heavy atom. The van der Waals surface area contributed by atoms with Gasteiger partial charge < -0.3 is 15.2 Å². The number of likely N-dealkylation sites (tertiary alicyclic amines) is 1. The normalized spacial score (nSPS) is 19.6. The van der Waals surface area contributed by atoms with E-state index in [0.29, 0.717) is 32.4 Å². The number of ether oxygens (including phenoxy) is 1. The van der Waals surface area contributed by atoms with E-state index < -0.39 is 18.2 Å². The quantitative estimate of drug-likeness (QED) is 0.451. The fourth-order valence-electron chi connectivity index (χ4n) is 5.48. The number of anilines is 1. The molecular weight excluding hydrogens is 447 g/mol. The van der Waals surface area contributed by atoms with Crippen LogP contribution in [0.1, 0.15) is 67.6 Å². The third-order valence-electron chi connectivity index (χ3n) is 7.34. The van der Waals surface area contributed by atoms with E-state index in [-0.39, 0.29) is 5.92 Å². The molecule has 0 radical (unpaired) electrons. The van der Waals surface area contributed by atoms with Gasteiger partial charge in [-0.1, -0.05) is 19.4 Å². The number of aromatic nitrogens is 2. The van der Waals surface area contributed by atoms with Crippen LogP contribution in [-0.4, -0.2) is 58.9 Å². The number of aryl methyl sites for hydroxylation is 2. The van der Waals surface area contributed by atoms with Crippen LogP contribution in [0.5, 0.6) is 5.75 Å². The van der Waals surface area contributed by atoms with Gasteiger partial charge in [0.05, 0.1) is 7.11 Å². The Kier molecular flexibility index (Phi) is 8.55. The summed E-state index contributed by atoms with van der Waals surface area (Å²) in [6.07, 6.45) is 7.09. The first-order valence-electron chi connectivity index (χ1n) is 12.9. The second-order valence-corrected chi connectivity index (χ2v) is 9.61. The first-order valence-corrected chi connectivity index (χ1v) is 12.9. The smallest absolute Gasteiger partial charge is 0.325 e. The predicted molar refractivity (Wildman–Crippen MR) is 134 cm³/mol. The van der Waals surface area contributed by atoms with Crippen molar-refractivity contribution in [1.29, 1.82) is 0 Å². The van der Waals surface area contributed by atoms with Crippen molar-refractivity contribution in [3.8, 4) is 5.75 Å². The molecule has 2 N–H and O–H groups in total. The van der Waals surface area contributed by atoms with Gasteiger partial charge in [0.25, 0.3) is 0 Å². The number of halogens is 1. The van der Waals surface area contributed by atoms with Crippen LogP contribution >= 0.6 is 0 Å². The Hall–Kier alpha value is -2.74. The number of carboxylic acids is 1. The Morgan fingerprint density at radius 3 is 3.03 bits per heavy atom. The van der Waals surface area contributed by atoms with Crippen molar-refractivity contribution >= 4 is 11.8 Å². The first kappa shape index (κ1) is 25.4. The number of hydrogen-bond acceptors (Lipinski definition) is 6. The number of nitrogens with zero attached hydrogens (tertiary/aromatic N) is 3. The number of carbonyl (C=O) groups is 1. The fraction of sp³-hybridized carbons (Fsp3) is 0.593. The largest absolute Gasteiger partial charge is 0.496 e. The average Bonchev–Trinajstić information content (AvgIpc) is 3.36. The molecule has 2 aliphatic heterocycles. The summed E-state index contributed by atoms with van der Waals surface area (Å²) >= 11 is 0. The molecule has 0 saturated carbocycles. The number of fused-ring (bicyclic) bond motifs is 1. The zero-order chi connectivity index (χ0) is 24.8. The molecule has 7 nitrogen and oxygen atoms in total. The Balaban J connectivity index is 1.29. The van der Waals surface area contributed by atoms with Gasteiger partial charge in [-0.15, -0.1) is 0 Å². The lowest BCUT2D eigenvalue weighted by molar-refractivity contribution is -0.143. The zero-order valence-corrected chi connectivity index (χ0v) is 20.8. The van der Waals surface area contributed by atoms with Crippen LogP contribution in [-0.2, 0) is 24.1 Å². The van der Waals surface area contributed by atoms with Crippen LogP contribution in [0.2, 0.25) is 0 Å². The molecule has 8 heteroatoms. The molecule has 1 saturated heterocycles. The van der Waals surface area contributed by atoms with Gasteiger partial charge in [0.1, 0.15) is 23.8 Å². The van der Waals surface area contributed by atoms with E-state index in [1.807, 2.05) is 24.0 Å². The summed E-state index contributed by atoms with van der Waals surface area (Å²) in [6, 6.07) is 4.86. The van der Waals surface area contributed by atoms with E-state index in [4.69, 9.17) is 9.72 Å². The van der Waals surface area contributed by atoms with Gasteiger partial charge >= 0.3 is 5.97 Å². The lowest BCUT2D eigenvalue weighted by atomic mass is 9.97. The number of hydrogen-bond donors (Lipinski definition) is 2. The van der Waals surface area contributed by atoms with Gasteiger partial charge in [0.2, 0.25) is 0 Å². The summed E-state index contributed by atoms with van der Waals surface area (Å²) < 4.78 is 20.7. The van der Waals surface area contributed by atoms with Crippen LogP contribution in [0.25, 0.3) is 0 Å². The molecule has 190 valence electrons. The molecule has 3 atom stereocenters. The molecule has 35 heavy (non-hydrogen) atoms. The van der Waals surface area contributed by atoms with Crippen molar-refractivity contribution in [3.05, 3.63) is 46.9 Å². The third kappa shape index (κ3) is 5.92. The van der Waals surface area contributed by atoms with Gasteiger partial charge in [0, 0.05) is 53.8 Å². The molecule has 1 fully saturated rings. The zero-order valence-electron chi connectivity index (χ0n) is 20.8. The van der Waals surface area contributed by atoms with Crippen LogP contribution in [0.15, 0.2) is 24.4 Å². The standard InChI is InChI=1S/C27H37FN4O3/c1-3-23-20(9-6-13-29-23)25(27(33)34)32-15-12-18(17-32)22(28)11-5-4-8-19-16-24(35-2)21-10-7-14-30-26(21)31-19/h6,9,13,16,18,22,25H,3-5,7-8,10-12,14-15,17H2,1-2H3,(H,30,31)(H,33,34)/t18-,22?,25+/m1/s1. The Labute approximate surface area is 207 Å². The molecule has 0 aromatic carbocycles. The third-order valence-corrected chi connectivity index (χ3v) is 7.34. The minimum Gasteiger partial charge on any atom is -0.496 e. The number of pyridine rings is 2. The van der Waals surface area contributed by atoms with Gasteiger partial charge in [-0.25, -0.2) is 9.37 Å².